The molecule has 0 saturated carbocycles. The Bertz CT molecular complexity index is 367. The quantitative estimate of drug-likeness (QED) is 0.786. The molecule has 0 radical (unpaired) electrons. The Balaban J connectivity index is 2.75. The first-order valence-corrected chi connectivity index (χ1v) is 6.07. The molecule has 0 bridgehead atoms. The van der Waals surface area contributed by atoms with Gasteiger partial charge in [0.2, 0.25) is 0 Å². The first kappa shape index (κ1) is 13.7. The zero-order valence-corrected chi connectivity index (χ0v) is 11.5. The van der Waals surface area contributed by atoms with E-state index in [2.05, 4.69) is 26.1 Å². The van der Waals surface area contributed by atoms with Crippen LogP contribution in [0.1, 0.15) is 34.6 Å². The highest BCUT2D eigenvalue weighted by atomic mass is 16.5. The van der Waals surface area contributed by atoms with E-state index in [9.17, 15) is 0 Å². The highest BCUT2D eigenvalue weighted by Crippen LogP contribution is 2.24. The summed E-state index contributed by atoms with van der Waals surface area (Å²) in [5, 5.41) is 3.38. The second kappa shape index (κ2) is 5.30. The lowest BCUT2D eigenvalue weighted by atomic mass is 9.97. The molecule has 1 rings (SSSR count). The third-order valence-electron chi connectivity index (χ3n) is 2.12. The number of nitrogens with one attached hydrogen (secondary N) is 1. The van der Waals surface area contributed by atoms with Gasteiger partial charge in [-0.2, -0.15) is 0 Å². The van der Waals surface area contributed by atoms with Gasteiger partial charge >= 0.3 is 0 Å². The van der Waals surface area contributed by atoms with E-state index in [1.807, 2.05) is 32.0 Å². The molecular formula is C14H24N2O. The second-order valence-corrected chi connectivity index (χ2v) is 5.87. The smallest absolute Gasteiger partial charge is 0.123 e. The van der Waals surface area contributed by atoms with Gasteiger partial charge in [0.15, 0.2) is 0 Å². The van der Waals surface area contributed by atoms with Gasteiger partial charge < -0.3 is 15.8 Å². The largest absolute Gasteiger partial charge is 0.491 e. The molecule has 1 aromatic rings. The minimum absolute atomic E-state index is 0.160. The summed E-state index contributed by atoms with van der Waals surface area (Å²) in [5.74, 6) is 0.816. The molecule has 3 nitrogen and oxygen atoms in total. The summed E-state index contributed by atoms with van der Waals surface area (Å²) in [4.78, 5) is 0. The van der Waals surface area contributed by atoms with E-state index in [0.717, 1.165) is 23.7 Å². The van der Waals surface area contributed by atoms with Gasteiger partial charge in [0.1, 0.15) is 5.75 Å². The molecule has 0 aromatic heterocycles. The Labute approximate surface area is 104 Å². The summed E-state index contributed by atoms with van der Waals surface area (Å²) in [5.41, 5.74) is 7.83. The van der Waals surface area contributed by atoms with Gasteiger partial charge in [0, 0.05) is 30.1 Å². The fourth-order valence-corrected chi connectivity index (χ4v) is 1.43. The average Bonchev–Trinajstić information content (AvgIpc) is 2.11. The number of hydrogen-bond acceptors (Lipinski definition) is 3. The maximum Gasteiger partial charge on any atom is 0.123 e. The number of ether oxygens (including phenoxy) is 1. The van der Waals surface area contributed by atoms with Crippen LogP contribution >= 0.6 is 0 Å². The molecule has 0 atom stereocenters. The SMILES string of the molecule is CC(C)Oc1cc(N)cc(NCC(C)(C)C)c1. The van der Waals surface area contributed by atoms with Crippen molar-refractivity contribution in [1.82, 2.24) is 0 Å². The van der Waals surface area contributed by atoms with Crippen molar-refractivity contribution in [2.75, 3.05) is 17.6 Å². The van der Waals surface area contributed by atoms with Gasteiger partial charge in [-0.25, -0.2) is 0 Å². The predicted molar refractivity (Wildman–Crippen MR) is 74.6 cm³/mol. The second-order valence-electron chi connectivity index (χ2n) is 5.87. The van der Waals surface area contributed by atoms with Gasteiger partial charge in [-0.3, -0.25) is 0 Å². The Hall–Kier alpha value is -1.38. The molecule has 0 unspecified atom stereocenters. The predicted octanol–water partition coefficient (Wildman–Crippen LogP) is 3.51. The molecule has 0 saturated heterocycles. The number of rotatable bonds is 4. The molecule has 1 aromatic carbocycles. The summed E-state index contributed by atoms with van der Waals surface area (Å²) < 4.78 is 5.65. The molecule has 0 heterocycles. The van der Waals surface area contributed by atoms with Crippen LogP contribution in [0.15, 0.2) is 18.2 Å². The molecule has 96 valence electrons. The van der Waals surface area contributed by atoms with Crippen molar-refractivity contribution in [2.24, 2.45) is 5.41 Å². The van der Waals surface area contributed by atoms with Gasteiger partial charge in [0.25, 0.3) is 0 Å². The fourth-order valence-electron chi connectivity index (χ4n) is 1.43. The highest BCUT2D eigenvalue weighted by Gasteiger charge is 2.10. The third kappa shape index (κ3) is 5.48. The Kier molecular flexibility index (Phi) is 4.27. The van der Waals surface area contributed by atoms with Crippen LogP contribution in [0.3, 0.4) is 0 Å². The minimum atomic E-state index is 0.160. The van der Waals surface area contributed by atoms with Gasteiger partial charge in [-0.05, 0) is 25.3 Å². The van der Waals surface area contributed by atoms with Crippen LogP contribution < -0.4 is 15.8 Å². The van der Waals surface area contributed by atoms with Crippen molar-refractivity contribution in [3.8, 4) is 5.75 Å². The molecule has 0 aliphatic rings. The first-order valence-electron chi connectivity index (χ1n) is 6.07. The van der Waals surface area contributed by atoms with E-state index < -0.39 is 0 Å². The molecule has 0 fully saturated rings. The third-order valence-corrected chi connectivity index (χ3v) is 2.12. The number of nitrogens with two attached hydrogens (primary N) is 1. The number of nitrogen functional groups attached to an aromatic ring is 1. The standard InChI is InChI=1S/C14H24N2O/c1-10(2)17-13-7-11(15)6-12(8-13)16-9-14(3,4)5/h6-8,10,16H,9,15H2,1-5H3. The van der Waals surface area contributed by atoms with E-state index >= 15 is 0 Å². The fraction of sp³-hybridized carbons (Fsp3) is 0.571. The molecular weight excluding hydrogens is 212 g/mol. The van der Waals surface area contributed by atoms with Crippen LogP contribution in [0.4, 0.5) is 11.4 Å². The lowest BCUT2D eigenvalue weighted by Gasteiger charge is -2.20. The molecule has 0 amide bonds. The summed E-state index contributed by atoms with van der Waals surface area (Å²) in [6, 6.07) is 5.77. The van der Waals surface area contributed by atoms with Crippen molar-refractivity contribution in [2.45, 2.75) is 40.7 Å². The highest BCUT2D eigenvalue weighted by molar-refractivity contribution is 5.59. The van der Waals surface area contributed by atoms with Crippen molar-refractivity contribution in [3.63, 3.8) is 0 Å². The van der Waals surface area contributed by atoms with Crippen LogP contribution in [0, 0.1) is 5.41 Å². The lowest BCUT2D eigenvalue weighted by molar-refractivity contribution is 0.242. The van der Waals surface area contributed by atoms with Crippen molar-refractivity contribution >= 4 is 11.4 Å². The van der Waals surface area contributed by atoms with Crippen LogP contribution in [0.2, 0.25) is 0 Å². The zero-order valence-electron chi connectivity index (χ0n) is 11.5. The number of anilines is 2. The van der Waals surface area contributed by atoms with Crippen molar-refractivity contribution < 1.29 is 4.74 Å². The van der Waals surface area contributed by atoms with E-state index in [1.165, 1.54) is 0 Å². The van der Waals surface area contributed by atoms with Crippen molar-refractivity contribution in [3.05, 3.63) is 18.2 Å². The topological polar surface area (TPSA) is 47.3 Å². The number of benzene rings is 1. The maximum atomic E-state index is 5.85. The minimum Gasteiger partial charge on any atom is -0.491 e. The zero-order chi connectivity index (χ0) is 13.1. The number of hydrogen-bond donors (Lipinski definition) is 2. The van der Waals surface area contributed by atoms with E-state index in [4.69, 9.17) is 10.5 Å². The van der Waals surface area contributed by atoms with Gasteiger partial charge in [0.05, 0.1) is 6.10 Å². The van der Waals surface area contributed by atoms with Gasteiger partial charge in [-0.1, -0.05) is 20.8 Å². The van der Waals surface area contributed by atoms with Crippen LogP contribution in [-0.4, -0.2) is 12.6 Å². The summed E-state index contributed by atoms with van der Waals surface area (Å²) in [7, 11) is 0. The molecule has 3 heteroatoms. The Morgan fingerprint density at radius 2 is 1.88 bits per heavy atom. The molecule has 0 aliphatic carbocycles. The summed E-state index contributed by atoms with van der Waals surface area (Å²) in [6.07, 6.45) is 0.160. The van der Waals surface area contributed by atoms with E-state index in [-0.39, 0.29) is 11.5 Å². The molecule has 3 N–H and O–H groups in total. The average molecular weight is 236 g/mol. The maximum absolute atomic E-state index is 5.85. The van der Waals surface area contributed by atoms with E-state index in [1.54, 1.807) is 0 Å². The Morgan fingerprint density at radius 3 is 2.41 bits per heavy atom. The molecule has 17 heavy (non-hydrogen) atoms. The van der Waals surface area contributed by atoms with Crippen LogP contribution in [0.25, 0.3) is 0 Å². The lowest BCUT2D eigenvalue weighted by Crippen LogP contribution is -2.19. The van der Waals surface area contributed by atoms with Crippen LogP contribution in [0.5, 0.6) is 5.75 Å². The summed E-state index contributed by atoms with van der Waals surface area (Å²) >= 11 is 0. The first-order chi connectivity index (χ1) is 7.76. The van der Waals surface area contributed by atoms with Crippen molar-refractivity contribution in [1.29, 1.82) is 0 Å². The molecule has 0 aliphatic heterocycles. The summed E-state index contributed by atoms with van der Waals surface area (Å²) in [6.45, 7) is 11.5. The van der Waals surface area contributed by atoms with Crippen LogP contribution in [-0.2, 0) is 0 Å². The normalized spacial score (nSPS) is 11.6. The monoisotopic (exact) mass is 236 g/mol. The Morgan fingerprint density at radius 1 is 1.24 bits per heavy atom. The van der Waals surface area contributed by atoms with Gasteiger partial charge in [-0.15, -0.1) is 0 Å². The van der Waals surface area contributed by atoms with E-state index in [0.29, 0.717) is 0 Å². The molecule has 0 spiro atoms.